The van der Waals surface area contributed by atoms with Crippen LogP contribution in [0.2, 0.25) is 0 Å². The summed E-state index contributed by atoms with van der Waals surface area (Å²) in [6.45, 7) is 2.27. The second-order valence-corrected chi connectivity index (χ2v) is 4.48. The van der Waals surface area contributed by atoms with Crippen LogP contribution in [0.4, 0.5) is 5.82 Å². The summed E-state index contributed by atoms with van der Waals surface area (Å²) in [6, 6.07) is 10.7. The van der Waals surface area contributed by atoms with Crippen molar-refractivity contribution in [2.75, 3.05) is 11.9 Å². The lowest BCUT2D eigenvalue weighted by Gasteiger charge is -2.13. The lowest BCUT2D eigenvalue weighted by Crippen LogP contribution is -2.16. The molecule has 104 valence electrons. The summed E-state index contributed by atoms with van der Waals surface area (Å²) in [5.74, 6) is -0.148. The molecule has 0 aliphatic carbocycles. The average Bonchev–Trinajstić information content (AvgIpc) is 2.45. The minimum Gasteiger partial charge on any atom is -0.387 e. The molecular formula is C14H16N4O2. The minimum atomic E-state index is -0.646. The number of nitrogens with two attached hydrogens (primary N) is 1. The molecule has 1 unspecified atom stereocenters. The zero-order valence-corrected chi connectivity index (χ0v) is 11.1. The van der Waals surface area contributed by atoms with Crippen LogP contribution in [0.25, 0.3) is 0 Å². The van der Waals surface area contributed by atoms with Gasteiger partial charge in [0.1, 0.15) is 5.82 Å². The number of rotatable bonds is 5. The molecule has 6 heteroatoms. The predicted molar refractivity (Wildman–Crippen MR) is 75.2 cm³/mol. The SMILES string of the molecule is Cc1cccc(C(O)CNc2ccc(C(N)=O)nn2)c1. The van der Waals surface area contributed by atoms with Crippen LogP contribution in [0.5, 0.6) is 0 Å². The van der Waals surface area contributed by atoms with Crippen LogP contribution in [0.3, 0.4) is 0 Å². The molecule has 1 aromatic heterocycles. The van der Waals surface area contributed by atoms with E-state index in [0.717, 1.165) is 11.1 Å². The van der Waals surface area contributed by atoms with Gasteiger partial charge in [-0.25, -0.2) is 0 Å². The Bertz CT molecular complexity index is 598. The summed E-state index contributed by atoms with van der Waals surface area (Å²) in [7, 11) is 0. The first-order valence-electron chi connectivity index (χ1n) is 6.18. The number of anilines is 1. The van der Waals surface area contributed by atoms with E-state index in [2.05, 4.69) is 15.5 Å². The van der Waals surface area contributed by atoms with Gasteiger partial charge in [-0.05, 0) is 24.6 Å². The Hall–Kier alpha value is -2.47. The van der Waals surface area contributed by atoms with Crippen LogP contribution in [0.1, 0.15) is 27.7 Å². The third-order valence-electron chi connectivity index (χ3n) is 2.82. The fourth-order valence-electron chi connectivity index (χ4n) is 1.75. The van der Waals surface area contributed by atoms with Crippen LogP contribution in [0, 0.1) is 6.92 Å². The Balaban J connectivity index is 1.96. The number of benzene rings is 1. The van der Waals surface area contributed by atoms with E-state index in [0.29, 0.717) is 12.4 Å². The highest BCUT2D eigenvalue weighted by atomic mass is 16.3. The molecule has 1 atom stereocenters. The summed E-state index contributed by atoms with van der Waals surface area (Å²) >= 11 is 0. The largest absolute Gasteiger partial charge is 0.387 e. The van der Waals surface area contributed by atoms with E-state index in [9.17, 15) is 9.90 Å². The predicted octanol–water partition coefficient (Wildman–Crippen LogP) is 1.03. The van der Waals surface area contributed by atoms with E-state index in [1.165, 1.54) is 6.07 Å². The van der Waals surface area contributed by atoms with E-state index < -0.39 is 12.0 Å². The van der Waals surface area contributed by atoms with Gasteiger partial charge in [0.25, 0.3) is 5.91 Å². The minimum absolute atomic E-state index is 0.106. The van der Waals surface area contributed by atoms with Gasteiger partial charge in [-0.3, -0.25) is 4.79 Å². The van der Waals surface area contributed by atoms with Gasteiger partial charge < -0.3 is 16.2 Å². The summed E-state index contributed by atoms with van der Waals surface area (Å²) in [5, 5.41) is 20.5. The lowest BCUT2D eigenvalue weighted by molar-refractivity contribution is 0.0994. The number of hydrogen-bond acceptors (Lipinski definition) is 5. The third-order valence-corrected chi connectivity index (χ3v) is 2.82. The number of nitrogens with one attached hydrogen (secondary N) is 1. The Kier molecular flexibility index (Phi) is 4.27. The van der Waals surface area contributed by atoms with Gasteiger partial charge in [0, 0.05) is 6.54 Å². The van der Waals surface area contributed by atoms with Crippen LogP contribution in [-0.2, 0) is 0 Å². The first-order chi connectivity index (χ1) is 9.56. The summed E-state index contributed by atoms with van der Waals surface area (Å²) in [4.78, 5) is 10.9. The zero-order valence-electron chi connectivity index (χ0n) is 11.1. The standard InChI is InChI=1S/C14H16N4O2/c1-9-3-2-4-10(7-9)12(19)8-16-13-6-5-11(14(15)20)17-18-13/h2-7,12,19H,8H2,1H3,(H2,15,20)(H,16,18). The van der Waals surface area contributed by atoms with Crippen LogP contribution in [-0.4, -0.2) is 27.8 Å². The Morgan fingerprint density at radius 3 is 2.75 bits per heavy atom. The molecule has 1 heterocycles. The maximum atomic E-state index is 10.9. The van der Waals surface area contributed by atoms with Gasteiger partial charge in [0.15, 0.2) is 5.69 Å². The van der Waals surface area contributed by atoms with Gasteiger partial charge in [0.2, 0.25) is 0 Å². The number of aryl methyl sites for hydroxylation is 1. The fourth-order valence-corrected chi connectivity index (χ4v) is 1.75. The molecular weight excluding hydrogens is 256 g/mol. The van der Waals surface area contributed by atoms with Gasteiger partial charge in [0.05, 0.1) is 6.10 Å². The lowest BCUT2D eigenvalue weighted by atomic mass is 10.1. The van der Waals surface area contributed by atoms with Gasteiger partial charge in [-0.15, -0.1) is 10.2 Å². The molecule has 0 bridgehead atoms. The van der Waals surface area contributed by atoms with E-state index in [1.54, 1.807) is 6.07 Å². The summed E-state index contributed by atoms with van der Waals surface area (Å²) in [5.41, 5.74) is 7.10. The number of primary amides is 1. The Morgan fingerprint density at radius 1 is 1.35 bits per heavy atom. The smallest absolute Gasteiger partial charge is 0.269 e. The molecule has 1 aromatic carbocycles. The molecule has 4 N–H and O–H groups in total. The maximum absolute atomic E-state index is 10.9. The first-order valence-corrected chi connectivity index (χ1v) is 6.18. The van der Waals surface area contributed by atoms with Crippen molar-refractivity contribution in [1.82, 2.24) is 10.2 Å². The highest BCUT2D eigenvalue weighted by molar-refractivity contribution is 5.90. The summed E-state index contributed by atoms with van der Waals surface area (Å²) < 4.78 is 0. The number of carbonyl (C=O) groups excluding carboxylic acids is 1. The van der Waals surface area contributed by atoms with Crippen LogP contribution >= 0.6 is 0 Å². The number of carbonyl (C=O) groups is 1. The molecule has 0 spiro atoms. The molecule has 0 radical (unpaired) electrons. The van der Waals surface area contributed by atoms with Crippen molar-refractivity contribution < 1.29 is 9.90 Å². The Labute approximate surface area is 116 Å². The molecule has 0 aliphatic rings. The molecule has 0 aliphatic heterocycles. The number of aliphatic hydroxyl groups excluding tert-OH is 1. The summed E-state index contributed by atoms with van der Waals surface area (Å²) in [6.07, 6.45) is -0.646. The second kappa shape index (κ2) is 6.12. The molecule has 2 rings (SSSR count). The van der Waals surface area contributed by atoms with Crippen molar-refractivity contribution in [3.63, 3.8) is 0 Å². The first kappa shape index (κ1) is 14.0. The molecule has 6 nitrogen and oxygen atoms in total. The van der Waals surface area contributed by atoms with Gasteiger partial charge in [-0.2, -0.15) is 0 Å². The molecule has 0 saturated heterocycles. The highest BCUT2D eigenvalue weighted by Crippen LogP contribution is 2.15. The average molecular weight is 272 g/mol. The molecule has 1 amide bonds. The number of aromatic nitrogens is 2. The van der Waals surface area contributed by atoms with Crippen molar-refractivity contribution in [2.24, 2.45) is 5.73 Å². The monoisotopic (exact) mass is 272 g/mol. The highest BCUT2D eigenvalue weighted by Gasteiger charge is 2.08. The van der Waals surface area contributed by atoms with Gasteiger partial charge >= 0.3 is 0 Å². The van der Waals surface area contributed by atoms with E-state index in [1.807, 2.05) is 31.2 Å². The third kappa shape index (κ3) is 3.52. The van der Waals surface area contributed by atoms with Crippen LogP contribution in [0.15, 0.2) is 36.4 Å². The molecule has 2 aromatic rings. The van der Waals surface area contributed by atoms with E-state index in [-0.39, 0.29) is 5.69 Å². The van der Waals surface area contributed by atoms with Crippen molar-refractivity contribution in [3.8, 4) is 0 Å². The van der Waals surface area contributed by atoms with Crippen LogP contribution < -0.4 is 11.1 Å². The van der Waals surface area contributed by atoms with Crippen molar-refractivity contribution >= 4 is 11.7 Å². The maximum Gasteiger partial charge on any atom is 0.269 e. The van der Waals surface area contributed by atoms with E-state index >= 15 is 0 Å². The Morgan fingerprint density at radius 2 is 2.15 bits per heavy atom. The fraction of sp³-hybridized carbons (Fsp3) is 0.214. The van der Waals surface area contributed by atoms with Crippen molar-refractivity contribution in [2.45, 2.75) is 13.0 Å². The van der Waals surface area contributed by atoms with Crippen molar-refractivity contribution in [3.05, 3.63) is 53.2 Å². The van der Waals surface area contributed by atoms with E-state index in [4.69, 9.17) is 5.73 Å². The van der Waals surface area contributed by atoms with Crippen molar-refractivity contribution in [1.29, 1.82) is 0 Å². The molecule has 0 fully saturated rings. The number of amides is 1. The number of hydrogen-bond donors (Lipinski definition) is 3. The normalized spacial score (nSPS) is 11.9. The zero-order chi connectivity index (χ0) is 14.5. The topological polar surface area (TPSA) is 101 Å². The number of aliphatic hydroxyl groups is 1. The quantitative estimate of drug-likeness (QED) is 0.754. The molecule has 20 heavy (non-hydrogen) atoms. The van der Waals surface area contributed by atoms with Gasteiger partial charge in [-0.1, -0.05) is 29.8 Å². The molecule has 0 saturated carbocycles. The second-order valence-electron chi connectivity index (χ2n) is 4.48. The number of nitrogens with zero attached hydrogens (tertiary/aromatic N) is 2.